The third-order valence-electron chi connectivity index (χ3n) is 5.68. The second-order valence-corrected chi connectivity index (χ2v) is 10.8. The smallest absolute Gasteiger partial charge is 0.327 e. The van der Waals surface area contributed by atoms with Crippen molar-refractivity contribution in [1.82, 2.24) is 10.6 Å². The van der Waals surface area contributed by atoms with Gasteiger partial charge in [-0.1, -0.05) is 66.7 Å². The van der Waals surface area contributed by atoms with Gasteiger partial charge in [0.15, 0.2) is 0 Å². The summed E-state index contributed by atoms with van der Waals surface area (Å²) >= 11 is 3.56. The highest BCUT2D eigenvalue weighted by Crippen LogP contribution is 2.18. The molecule has 38 heavy (non-hydrogen) atoms. The summed E-state index contributed by atoms with van der Waals surface area (Å²) in [5.41, 5.74) is 2.11. The quantitative estimate of drug-likeness (QED) is 0.153. The van der Waals surface area contributed by atoms with Crippen LogP contribution in [0.1, 0.15) is 21.5 Å². The average molecular weight is 637 g/mol. The molecule has 4 rings (SSSR count). The summed E-state index contributed by atoms with van der Waals surface area (Å²) in [6.07, 6.45) is 1.56. The number of carbonyl (C=O) groups is 3. The topological polar surface area (TPSA) is 95.5 Å². The number of hydrogen-bond acceptors (Lipinski definition) is 4. The van der Waals surface area contributed by atoms with E-state index >= 15 is 0 Å². The third kappa shape index (κ3) is 7.69. The normalized spacial score (nSPS) is 12.1. The second-order valence-electron chi connectivity index (χ2n) is 8.49. The average Bonchev–Trinajstić information content (AvgIpc) is 2.92. The Morgan fingerprint density at radius 2 is 1.55 bits per heavy atom. The first-order chi connectivity index (χ1) is 18.4. The molecule has 3 N–H and O–H groups in total. The number of benzene rings is 4. The van der Waals surface area contributed by atoms with Crippen LogP contribution in [0.2, 0.25) is 0 Å². The molecule has 0 heterocycles. The number of thioether (sulfide) groups is 1. The van der Waals surface area contributed by atoms with E-state index in [2.05, 4.69) is 33.2 Å². The molecule has 0 aliphatic carbocycles. The first-order valence-electron chi connectivity index (χ1n) is 11.8. The maximum Gasteiger partial charge on any atom is 0.327 e. The molecular weight excluding hydrogens is 611 g/mol. The molecule has 4 aromatic rings. The summed E-state index contributed by atoms with van der Waals surface area (Å²) < 4.78 is 0.973. The lowest BCUT2D eigenvalue weighted by molar-refractivity contribution is -0.140. The zero-order valence-electron chi connectivity index (χ0n) is 20.3. The maximum atomic E-state index is 13.3. The molecule has 0 saturated heterocycles. The first kappa shape index (κ1) is 27.4. The molecule has 6 nitrogen and oxygen atoms in total. The van der Waals surface area contributed by atoms with Crippen LogP contribution in [0.4, 0.5) is 0 Å². The van der Waals surface area contributed by atoms with Crippen molar-refractivity contribution in [3.8, 4) is 0 Å². The van der Waals surface area contributed by atoms with Gasteiger partial charge in [0.25, 0.3) is 11.8 Å². The van der Waals surface area contributed by atoms with Gasteiger partial charge in [0.05, 0.1) is 0 Å². The molecule has 1 atom stereocenters. The number of carboxylic acid groups (broad SMARTS) is 1. The van der Waals surface area contributed by atoms with Crippen LogP contribution in [0.5, 0.6) is 0 Å². The summed E-state index contributed by atoms with van der Waals surface area (Å²) in [6, 6.07) is 29.0. The SMILES string of the molecule is O=C(N[C@@H](CSCc1ccccc1)C(=O)O)C(=Cc1ccc2ccccc2c1)NC(=O)c1ccc(I)cc1. The highest BCUT2D eigenvalue weighted by molar-refractivity contribution is 14.1. The molecule has 0 bridgehead atoms. The van der Waals surface area contributed by atoms with Crippen LogP contribution < -0.4 is 10.6 Å². The van der Waals surface area contributed by atoms with Crippen LogP contribution in [0.3, 0.4) is 0 Å². The van der Waals surface area contributed by atoms with Gasteiger partial charge in [-0.2, -0.15) is 11.8 Å². The van der Waals surface area contributed by atoms with E-state index in [-0.39, 0.29) is 11.4 Å². The number of nitrogens with one attached hydrogen (secondary N) is 2. The number of carbonyl (C=O) groups excluding carboxylic acids is 2. The summed E-state index contributed by atoms with van der Waals surface area (Å²) in [4.78, 5) is 38.2. The van der Waals surface area contributed by atoms with Gasteiger partial charge in [-0.15, -0.1) is 0 Å². The third-order valence-corrected chi connectivity index (χ3v) is 7.51. The van der Waals surface area contributed by atoms with Crippen LogP contribution in [-0.4, -0.2) is 34.7 Å². The highest BCUT2D eigenvalue weighted by Gasteiger charge is 2.23. The van der Waals surface area contributed by atoms with E-state index in [0.717, 1.165) is 19.9 Å². The van der Waals surface area contributed by atoms with Gasteiger partial charge in [0.2, 0.25) is 0 Å². The number of halogens is 1. The minimum absolute atomic E-state index is 0.0388. The fourth-order valence-corrected chi connectivity index (χ4v) is 5.07. The predicted octanol–water partition coefficient (Wildman–Crippen LogP) is 5.72. The van der Waals surface area contributed by atoms with Gasteiger partial charge in [0, 0.05) is 20.6 Å². The van der Waals surface area contributed by atoms with Gasteiger partial charge in [-0.25, -0.2) is 4.79 Å². The van der Waals surface area contributed by atoms with E-state index in [0.29, 0.717) is 16.9 Å². The Labute approximate surface area is 238 Å². The molecule has 0 saturated carbocycles. The molecule has 0 fully saturated rings. The van der Waals surface area contributed by atoms with E-state index in [1.165, 1.54) is 11.8 Å². The Bertz CT molecular complexity index is 1470. The second kappa shape index (κ2) is 13.3. The minimum Gasteiger partial charge on any atom is -0.480 e. The fraction of sp³-hybridized carbons (Fsp3) is 0.100. The summed E-state index contributed by atoms with van der Waals surface area (Å²) in [7, 11) is 0. The Morgan fingerprint density at radius 1 is 0.868 bits per heavy atom. The van der Waals surface area contributed by atoms with Crippen molar-refractivity contribution in [2.45, 2.75) is 11.8 Å². The first-order valence-corrected chi connectivity index (χ1v) is 14.0. The highest BCUT2D eigenvalue weighted by atomic mass is 127. The van der Waals surface area contributed by atoms with Crippen molar-refractivity contribution >= 4 is 69.0 Å². The van der Waals surface area contributed by atoms with Crippen LogP contribution in [0.15, 0.2) is 103 Å². The molecule has 0 aromatic heterocycles. The lowest BCUT2D eigenvalue weighted by Crippen LogP contribution is -2.45. The van der Waals surface area contributed by atoms with Gasteiger partial charge >= 0.3 is 5.97 Å². The maximum absolute atomic E-state index is 13.3. The van der Waals surface area contributed by atoms with Crippen molar-refractivity contribution in [2.75, 3.05) is 5.75 Å². The van der Waals surface area contributed by atoms with E-state index in [1.54, 1.807) is 30.3 Å². The predicted molar refractivity (Wildman–Crippen MR) is 161 cm³/mol. The lowest BCUT2D eigenvalue weighted by atomic mass is 10.1. The Morgan fingerprint density at radius 3 is 2.26 bits per heavy atom. The minimum atomic E-state index is -1.15. The molecule has 0 spiro atoms. The van der Waals surface area contributed by atoms with Crippen molar-refractivity contribution < 1.29 is 19.5 Å². The monoisotopic (exact) mass is 636 g/mol. The van der Waals surface area contributed by atoms with Crippen LogP contribution in [-0.2, 0) is 15.3 Å². The van der Waals surface area contributed by atoms with Crippen molar-refractivity contribution in [1.29, 1.82) is 0 Å². The number of rotatable bonds is 10. The number of amides is 2. The van der Waals surface area contributed by atoms with Crippen LogP contribution in [0, 0.1) is 3.57 Å². The lowest BCUT2D eigenvalue weighted by Gasteiger charge is -2.17. The summed E-state index contributed by atoms with van der Waals surface area (Å²) in [6.45, 7) is 0. The molecule has 0 radical (unpaired) electrons. The van der Waals surface area contributed by atoms with Gasteiger partial charge < -0.3 is 15.7 Å². The molecule has 192 valence electrons. The number of carboxylic acids is 1. The molecule has 0 aliphatic heterocycles. The molecule has 0 aliphatic rings. The van der Waals surface area contributed by atoms with Crippen molar-refractivity contribution in [3.05, 3.63) is 123 Å². The molecule has 4 aromatic carbocycles. The van der Waals surface area contributed by atoms with Crippen molar-refractivity contribution in [3.63, 3.8) is 0 Å². The zero-order chi connectivity index (χ0) is 26.9. The van der Waals surface area contributed by atoms with Gasteiger partial charge in [0.1, 0.15) is 11.7 Å². The van der Waals surface area contributed by atoms with Crippen molar-refractivity contribution in [2.24, 2.45) is 0 Å². The summed E-state index contributed by atoms with van der Waals surface area (Å²) in [5, 5.41) is 17.0. The molecule has 2 amide bonds. The largest absolute Gasteiger partial charge is 0.480 e. The fourth-order valence-electron chi connectivity index (χ4n) is 3.70. The van der Waals surface area contributed by atoms with Crippen LogP contribution in [0.25, 0.3) is 16.8 Å². The summed E-state index contributed by atoms with van der Waals surface area (Å²) in [5.74, 6) is -1.50. The van der Waals surface area contributed by atoms with Gasteiger partial charge in [-0.3, -0.25) is 9.59 Å². The molecule has 8 heteroatoms. The number of fused-ring (bicyclic) bond motifs is 1. The van der Waals surface area contributed by atoms with E-state index in [9.17, 15) is 19.5 Å². The Balaban J connectivity index is 1.55. The molecule has 0 unspecified atom stereocenters. The van der Waals surface area contributed by atoms with E-state index in [1.807, 2.05) is 72.8 Å². The Kier molecular flexibility index (Phi) is 9.56. The van der Waals surface area contributed by atoms with Gasteiger partial charge in [-0.05, 0) is 80.9 Å². The van der Waals surface area contributed by atoms with Crippen LogP contribution >= 0.6 is 34.4 Å². The number of hydrogen-bond donors (Lipinski definition) is 3. The Hall–Kier alpha value is -3.63. The van der Waals surface area contributed by atoms with E-state index in [4.69, 9.17) is 0 Å². The van der Waals surface area contributed by atoms with E-state index < -0.39 is 23.8 Å². The standard InChI is InChI=1S/C30H25IN2O4S/c31-25-14-12-23(13-15-25)28(34)32-26(17-21-10-11-22-8-4-5-9-24(22)16-21)29(35)33-27(30(36)37)19-38-18-20-6-2-1-3-7-20/h1-17,27H,18-19H2,(H,32,34)(H,33,35)(H,36,37)/t27-/m0/s1. The molecular formula is C30H25IN2O4S. The zero-order valence-corrected chi connectivity index (χ0v) is 23.2. The number of aliphatic carboxylic acids is 1.